The zero-order chi connectivity index (χ0) is 16.7. The molecule has 0 radical (unpaired) electrons. The molecule has 0 fully saturated rings. The molecule has 2 rings (SSSR count). The van der Waals surface area contributed by atoms with E-state index in [0.717, 1.165) is 0 Å². The standard InChI is InChI=1S/C16H17N5O2/c1-17-16(23)12-4-3-5-13(10-12)20-11-15(22)21(18-2)14-6-8-19-9-7-14/h3-10,20H,2,11H2,1H3,(H,17,23). The van der Waals surface area contributed by atoms with Crippen molar-refractivity contribution in [2.24, 2.45) is 5.10 Å². The van der Waals surface area contributed by atoms with Gasteiger partial charge in [0.2, 0.25) is 0 Å². The average molecular weight is 311 g/mol. The molecule has 2 N–H and O–H groups in total. The Morgan fingerprint density at radius 3 is 2.65 bits per heavy atom. The van der Waals surface area contributed by atoms with Gasteiger partial charge in [0, 0.05) is 37.4 Å². The van der Waals surface area contributed by atoms with Gasteiger partial charge in [-0.3, -0.25) is 14.6 Å². The molecule has 0 unspecified atom stereocenters. The van der Waals surface area contributed by atoms with E-state index in [2.05, 4.69) is 27.4 Å². The van der Waals surface area contributed by atoms with Crippen molar-refractivity contribution in [1.29, 1.82) is 0 Å². The molecule has 0 bridgehead atoms. The number of hydrogen-bond acceptors (Lipinski definition) is 5. The topological polar surface area (TPSA) is 86.7 Å². The predicted molar refractivity (Wildman–Crippen MR) is 89.6 cm³/mol. The van der Waals surface area contributed by atoms with Crippen molar-refractivity contribution in [1.82, 2.24) is 10.3 Å². The molecular formula is C16H17N5O2. The highest BCUT2D eigenvalue weighted by Crippen LogP contribution is 2.14. The minimum Gasteiger partial charge on any atom is -0.376 e. The first kappa shape index (κ1) is 16.2. The predicted octanol–water partition coefficient (Wildman–Crippen LogP) is 1.50. The fourth-order valence-electron chi connectivity index (χ4n) is 1.96. The van der Waals surface area contributed by atoms with Gasteiger partial charge in [-0.15, -0.1) is 0 Å². The summed E-state index contributed by atoms with van der Waals surface area (Å²) >= 11 is 0. The largest absolute Gasteiger partial charge is 0.376 e. The lowest BCUT2D eigenvalue weighted by molar-refractivity contribution is -0.117. The lowest BCUT2D eigenvalue weighted by atomic mass is 10.2. The zero-order valence-electron chi connectivity index (χ0n) is 12.7. The van der Waals surface area contributed by atoms with Gasteiger partial charge in [0.1, 0.15) is 0 Å². The molecule has 0 spiro atoms. The zero-order valence-corrected chi connectivity index (χ0v) is 12.7. The second-order valence-electron chi connectivity index (χ2n) is 4.57. The molecule has 0 aliphatic rings. The molecule has 0 atom stereocenters. The fourth-order valence-corrected chi connectivity index (χ4v) is 1.96. The van der Waals surface area contributed by atoms with Crippen molar-refractivity contribution >= 4 is 29.9 Å². The van der Waals surface area contributed by atoms with Crippen LogP contribution in [0.25, 0.3) is 0 Å². The number of nitrogens with zero attached hydrogens (tertiary/aromatic N) is 3. The summed E-state index contributed by atoms with van der Waals surface area (Å²) in [7, 11) is 1.56. The van der Waals surface area contributed by atoms with E-state index in [-0.39, 0.29) is 18.4 Å². The van der Waals surface area contributed by atoms with Gasteiger partial charge < -0.3 is 10.6 Å². The van der Waals surface area contributed by atoms with Gasteiger partial charge in [-0.25, -0.2) is 0 Å². The number of amides is 2. The Morgan fingerprint density at radius 1 is 1.26 bits per heavy atom. The van der Waals surface area contributed by atoms with Crippen molar-refractivity contribution < 1.29 is 9.59 Å². The second kappa shape index (κ2) is 7.69. The van der Waals surface area contributed by atoms with Gasteiger partial charge >= 0.3 is 0 Å². The van der Waals surface area contributed by atoms with Gasteiger partial charge in [0.05, 0.1) is 12.2 Å². The van der Waals surface area contributed by atoms with Gasteiger partial charge in [0.15, 0.2) is 0 Å². The van der Waals surface area contributed by atoms with E-state index in [1.165, 1.54) is 5.01 Å². The summed E-state index contributed by atoms with van der Waals surface area (Å²) in [6.45, 7) is 3.43. The van der Waals surface area contributed by atoms with E-state index in [4.69, 9.17) is 0 Å². The lowest BCUT2D eigenvalue weighted by Crippen LogP contribution is -2.31. The van der Waals surface area contributed by atoms with Crippen LogP contribution in [0.4, 0.5) is 11.4 Å². The molecule has 0 saturated carbocycles. The maximum atomic E-state index is 12.3. The van der Waals surface area contributed by atoms with Crippen LogP contribution in [0.2, 0.25) is 0 Å². The molecular weight excluding hydrogens is 294 g/mol. The Labute approximate surface area is 134 Å². The summed E-state index contributed by atoms with van der Waals surface area (Å²) in [5.41, 5.74) is 1.76. The van der Waals surface area contributed by atoms with Crippen molar-refractivity contribution in [3.05, 3.63) is 54.4 Å². The molecule has 0 saturated heterocycles. The maximum absolute atomic E-state index is 12.3. The number of carbonyl (C=O) groups excluding carboxylic acids is 2. The number of hydrogen-bond donors (Lipinski definition) is 2. The second-order valence-corrected chi connectivity index (χ2v) is 4.57. The van der Waals surface area contributed by atoms with E-state index < -0.39 is 0 Å². The molecule has 1 aromatic carbocycles. The van der Waals surface area contributed by atoms with E-state index in [0.29, 0.717) is 16.9 Å². The van der Waals surface area contributed by atoms with Gasteiger partial charge in [-0.1, -0.05) is 6.07 Å². The van der Waals surface area contributed by atoms with Crippen LogP contribution in [0, 0.1) is 0 Å². The molecule has 7 nitrogen and oxygen atoms in total. The minimum absolute atomic E-state index is 0.0124. The van der Waals surface area contributed by atoms with Gasteiger partial charge in [-0.2, -0.15) is 10.1 Å². The Kier molecular flexibility index (Phi) is 5.40. The van der Waals surface area contributed by atoms with Crippen molar-refractivity contribution in [2.75, 3.05) is 23.9 Å². The molecule has 0 aliphatic heterocycles. The van der Waals surface area contributed by atoms with Crippen LogP contribution in [-0.4, -0.2) is 37.1 Å². The van der Waals surface area contributed by atoms with Crippen LogP contribution in [-0.2, 0) is 4.79 Å². The number of carbonyl (C=O) groups is 2. The highest BCUT2D eigenvalue weighted by atomic mass is 16.2. The highest BCUT2D eigenvalue weighted by Gasteiger charge is 2.14. The minimum atomic E-state index is -0.281. The highest BCUT2D eigenvalue weighted by molar-refractivity contribution is 5.97. The van der Waals surface area contributed by atoms with Gasteiger partial charge in [-0.05, 0) is 30.3 Å². The molecule has 1 heterocycles. The van der Waals surface area contributed by atoms with Gasteiger partial charge in [0.25, 0.3) is 11.8 Å². The van der Waals surface area contributed by atoms with Crippen LogP contribution in [0.15, 0.2) is 53.9 Å². The number of pyridine rings is 1. The summed E-state index contributed by atoms with van der Waals surface area (Å²) in [6.07, 6.45) is 3.14. The Morgan fingerprint density at radius 2 is 2.00 bits per heavy atom. The van der Waals surface area contributed by atoms with Crippen LogP contribution in [0.5, 0.6) is 0 Å². The fraction of sp³-hybridized carbons (Fsp3) is 0.125. The van der Waals surface area contributed by atoms with E-state index in [1.54, 1.807) is 55.8 Å². The number of hydrazone groups is 1. The van der Waals surface area contributed by atoms with Crippen molar-refractivity contribution in [3.8, 4) is 0 Å². The number of aromatic nitrogens is 1. The summed E-state index contributed by atoms with van der Waals surface area (Å²) in [5, 5.41) is 10.4. The molecule has 1 aromatic heterocycles. The van der Waals surface area contributed by atoms with Crippen LogP contribution >= 0.6 is 0 Å². The molecule has 118 valence electrons. The SMILES string of the molecule is C=NN(C(=O)CNc1cccc(C(=O)NC)c1)c1ccncc1. The first-order chi connectivity index (χ1) is 11.2. The van der Waals surface area contributed by atoms with Crippen LogP contribution < -0.4 is 15.6 Å². The average Bonchev–Trinajstić information content (AvgIpc) is 2.61. The van der Waals surface area contributed by atoms with Crippen molar-refractivity contribution in [2.45, 2.75) is 0 Å². The van der Waals surface area contributed by atoms with E-state index in [9.17, 15) is 9.59 Å². The number of benzene rings is 1. The number of rotatable bonds is 6. The molecule has 0 aliphatic carbocycles. The Bertz CT molecular complexity index is 703. The van der Waals surface area contributed by atoms with Crippen molar-refractivity contribution in [3.63, 3.8) is 0 Å². The number of nitrogens with one attached hydrogen (secondary N) is 2. The van der Waals surface area contributed by atoms with Crippen LogP contribution in [0.3, 0.4) is 0 Å². The quantitative estimate of drug-likeness (QED) is 0.625. The van der Waals surface area contributed by atoms with Crippen LogP contribution in [0.1, 0.15) is 10.4 Å². The molecule has 7 heteroatoms. The molecule has 2 aromatic rings. The summed E-state index contributed by atoms with van der Waals surface area (Å²) in [4.78, 5) is 27.7. The third-order valence-corrected chi connectivity index (χ3v) is 3.08. The number of anilines is 2. The smallest absolute Gasteiger partial charge is 0.266 e. The molecule has 23 heavy (non-hydrogen) atoms. The maximum Gasteiger partial charge on any atom is 0.266 e. The van der Waals surface area contributed by atoms with E-state index in [1.807, 2.05) is 0 Å². The summed E-state index contributed by atoms with van der Waals surface area (Å²) < 4.78 is 0. The summed E-state index contributed by atoms with van der Waals surface area (Å²) in [5.74, 6) is -0.470. The lowest BCUT2D eigenvalue weighted by Gasteiger charge is -2.17. The third kappa shape index (κ3) is 4.13. The monoisotopic (exact) mass is 311 g/mol. The first-order valence-corrected chi connectivity index (χ1v) is 6.91. The Hall–Kier alpha value is -3.22. The normalized spacial score (nSPS) is 9.78. The van der Waals surface area contributed by atoms with E-state index >= 15 is 0 Å². The Balaban J connectivity index is 2.04. The molecule has 2 amide bonds. The first-order valence-electron chi connectivity index (χ1n) is 6.91. The summed E-state index contributed by atoms with van der Waals surface area (Å²) in [6, 6.07) is 10.2. The third-order valence-electron chi connectivity index (χ3n) is 3.08.